The molecule has 0 fully saturated rings. The lowest BCUT2D eigenvalue weighted by Gasteiger charge is -2.43. The Morgan fingerprint density at radius 3 is 1.77 bits per heavy atom. The number of hydrogen-bond donors (Lipinski definition) is 0. The molecule has 2 aromatic rings. The zero-order valence-electron chi connectivity index (χ0n) is 16.0. The molecule has 0 saturated heterocycles. The maximum atomic E-state index is 6.76. The van der Waals surface area contributed by atoms with Crippen molar-refractivity contribution in [2.24, 2.45) is 13.5 Å². The zero-order chi connectivity index (χ0) is 20.4. The average Bonchev–Trinajstić information content (AvgIpc) is 2.74. The number of benzene rings is 2. The fraction of sp³-hybridized carbons (Fsp3) is 0.333. The van der Waals surface area contributed by atoms with E-state index in [0.29, 0.717) is 13.1 Å². The van der Waals surface area contributed by atoms with Crippen LogP contribution in [0.25, 0.3) is 0 Å². The lowest BCUT2D eigenvalue weighted by Crippen LogP contribution is -2.28. The van der Waals surface area contributed by atoms with Gasteiger partial charge in [0.25, 0.3) is 5.91 Å². The van der Waals surface area contributed by atoms with Gasteiger partial charge in [0.05, 0.1) is 0 Å². The Labute approximate surface area is 185 Å². The zero-order valence-corrected chi connectivity index (χ0v) is 20.2. The van der Waals surface area contributed by atoms with Crippen molar-refractivity contribution in [1.29, 1.82) is 0 Å². The van der Waals surface area contributed by atoms with Crippen molar-refractivity contribution in [3.05, 3.63) is 59.7 Å². The Hall–Kier alpha value is -0.770. The molecule has 0 amide bonds. The Bertz CT molecular complexity index is 1150. The van der Waals surface area contributed by atoms with Crippen LogP contribution in [0.1, 0.15) is 24.0 Å². The summed E-state index contributed by atoms with van der Waals surface area (Å²) >= 11 is 13.5. The predicted molar refractivity (Wildman–Crippen MR) is 124 cm³/mol. The van der Waals surface area contributed by atoms with E-state index in [0.717, 1.165) is 48.6 Å². The number of hydrogen-bond acceptors (Lipinski definition) is 7. The monoisotopic (exact) mass is 501 g/mol. The summed E-state index contributed by atoms with van der Waals surface area (Å²) in [5.41, 5.74) is 2.25. The lowest BCUT2D eigenvalue weighted by atomic mass is 10.2. The molecule has 158 valence electrons. The van der Waals surface area contributed by atoms with Crippen LogP contribution in [0, 0.1) is 0 Å². The molecule has 7 nitrogen and oxygen atoms in total. The van der Waals surface area contributed by atoms with E-state index in [4.69, 9.17) is 45.1 Å². The standard InChI is InChI=1S/C18H20Cl2N5O2P3/c19-28(20)21-29-23-30(22-28)25(14-16-8-2-4-10-18(16)27-30)12-6-5-11-24(29)13-15-7-1-3-9-17(15)26-29/h1-4,7-10H,5-6,11-14H2. The van der Waals surface area contributed by atoms with Crippen molar-refractivity contribution in [2.75, 3.05) is 13.1 Å². The maximum absolute atomic E-state index is 6.76. The highest BCUT2D eigenvalue weighted by Crippen LogP contribution is 2.85. The number of rotatable bonds is 0. The normalized spacial score (nSPS) is 31.8. The molecule has 4 aliphatic heterocycles. The third kappa shape index (κ3) is 3.22. The van der Waals surface area contributed by atoms with Crippen LogP contribution in [0.4, 0.5) is 0 Å². The van der Waals surface area contributed by atoms with Crippen molar-refractivity contribution in [3.8, 4) is 11.5 Å². The summed E-state index contributed by atoms with van der Waals surface area (Å²) in [7, 11) is -5.70. The van der Waals surface area contributed by atoms with Crippen LogP contribution in [0.2, 0.25) is 0 Å². The summed E-state index contributed by atoms with van der Waals surface area (Å²) in [6.07, 6.45) is 2.01. The molecule has 4 heterocycles. The first-order valence-electron chi connectivity index (χ1n) is 9.84. The minimum atomic E-state index is -3.04. The van der Waals surface area contributed by atoms with E-state index in [-0.39, 0.29) is 0 Å². The van der Waals surface area contributed by atoms with E-state index in [1.165, 1.54) is 0 Å². The van der Waals surface area contributed by atoms with Gasteiger partial charge in [-0.1, -0.05) is 36.4 Å². The van der Waals surface area contributed by atoms with Crippen LogP contribution < -0.4 is 9.05 Å². The van der Waals surface area contributed by atoms with E-state index in [1.807, 2.05) is 36.4 Å². The molecule has 2 aromatic carbocycles. The van der Waals surface area contributed by atoms with Crippen LogP contribution in [0.15, 0.2) is 62.1 Å². The number of fused-ring (bicyclic) bond motifs is 2. The van der Waals surface area contributed by atoms with Gasteiger partial charge >= 0.3 is 15.2 Å². The molecule has 0 aliphatic carbocycles. The molecule has 4 aliphatic rings. The summed E-state index contributed by atoms with van der Waals surface area (Å²) in [6.45, 7) is 3.07. The topological polar surface area (TPSA) is 62.0 Å². The van der Waals surface area contributed by atoms with E-state index in [2.05, 4.69) is 21.5 Å². The third-order valence-electron chi connectivity index (χ3n) is 5.59. The van der Waals surface area contributed by atoms with Gasteiger partial charge in [-0.3, -0.25) is 0 Å². The Morgan fingerprint density at radius 2 is 1.20 bits per heavy atom. The van der Waals surface area contributed by atoms with Crippen molar-refractivity contribution < 1.29 is 9.05 Å². The second-order valence-electron chi connectivity index (χ2n) is 7.63. The van der Waals surface area contributed by atoms with Crippen LogP contribution in [0.5, 0.6) is 11.5 Å². The van der Waals surface area contributed by atoms with Crippen LogP contribution in [-0.4, -0.2) is 22.4 Å². The first kappa shape index (κ1) is 19.9. The first-order valence-corrected chi connectivity index (χ1v) is 16.5. The fourth-order valence-electron chi connectivity index (χ4n) is 4.20. The molecule has 2 bridgehead atoms. The second-order valence-corrected chi connectivity index (χ2v) is 17.6. The van der Waals surface area contributed by atoms with Gasteiger partial charge in [0.1, 0.15) is 11.5 Å². The Morgan fingerprint density at radius 1 is 0.700 bits per heavy atom. The lowest BCUT2D eigenvalue weighted by molar-refractivity contribution is 0.341. The second kappa shape index (κ2) is 7.12. The van der Waals surface area contributed by atoms with Crippen LogP contribution in [0.3, 0.4) is 0 Å². The highest BCUT2D eigenvalue weighted by atomic mass is 35.9. The van der Waals surface area contributed by atoms with Crippen LogP contribution in [-0.2, 0) is 13.1 Å². The van der Waals surface area contributed by atoms with E-state index in [9.17, 15) is 0 Å². The van der Waals surface area contributed by atoms with Gasteiger partial charge in [-0.15, -0.1) is 4.52 Å². The van der Waals surface area contributed by atoms with Gasteiger partial charge in [-0.05, 0) is 47.5 Å². The van der Waals surface area contributed by atoms with Crippen molar-refractivity contribution in [1.82, 2.24) is 9.34 Å². The molecule has 6 rings (SSSR count). The first-order chi connectivity index (χ1) is 14.5. The minimum Gasteiger partial charge on any atom is -0.430 e. The average molecular weight is 502 g/mol. The molecule has 0 aromatic heterocycles. The smallest absolute Gasteiger partial charge is 0.335 e. The SMILES string of the molecule is ClP1(Cl)=NP23=NP4(=N1)Oc1ccccc1CN4CCCCN2Cc1ccccc1O3. The van der Waals surface area contributed by atoms with E-state index < -0.39 is 21.1 Å². The summed E-state index contributed by atoms with van der Waals surface area (Å²) in [5.74, 6) is -1.44. The van der Waals surface area contributed by atoms with E-state index >= 15 is 0 Å². The quantitative estimate of drug-likeness (QED) is 0.344. The van der Waals surface area contributed by atoms with Gasteiger partial charge in [-0.25, -0.2) is 9.34 Å². The highest BCUT2D eigenvalue weighted by Gasteiger charge is 2.49. The van der Waals surface area contributed by atoms with Gasteiger partial charge < -0.3 is 9.05 Å². The largest absolute Gasteiger partial charge is 0.430 e. The number of halogens is 2. The molecular formula is C18H20Cl2N5O2P3. The molecule has 2 atom stereocenters. The summed E-state index contributed by atoms with van der Waals surface area (Å²) < 4.78 is 32.5. The Kier molecular flexibility index (Phi) is 4.72. The molecule has 12 heteroatoms. The third-order valence-corrected chi connectivity index (χ3v) is 16.5. The minimum absolute atomic E-state index is 0.710. The number of para-hydroxylation sites is 2. The molecular weight excluding hydrogens is 482 g/mol. The van der Waals surface area contributed by atoms with Crippen LogP contribution >= 0.6 is 43.6 Å². The van der Waals surface area contributed by atoms with Gasteiger partial charge in [0.15, 0.2) is 0 Å². The summed E-state index contributed by atoms with van der Waals surface area (Å²) in [6, 6.07) is 16.1. The van der Waals surface area contributed by atoms with Crippen molar-refractivity contribution >= 4 is 43.6 Å². The molecule has 0 saturated carbocycles. The Balaban J connectivity index is 1.62. The number of nitrogens with zero attached hydrogens (tertiary/aromatic N) is 5. The van der Waals surface area contributed by atoms with Gasteiger partial charge in [-0.2, -0.15) is 9.03 Å². The maximum Gasteiger partial charge on any atom is 0.335 e. The molecule has 30 heavy (non-hydrogen) atoms. The van der Waals surface area contributed by atoms with Crippen molar-refractivity contribution in [3.63, 3.8) is 0 Å². The molecule has 0 N–H and O–H groups in total. The fourth-order valence-corrected chi connectivity index (χ4v) is 17.2. The van der Waals surface area contributed by atoms with Gasteiger partial charge in [0, 0.05) is 37.3 Å². The molecule has 2 unspecified atom stereocenters. The van der Waals surface area contributed by atoms with Crippen molar-refractivity contribution in [2.45, 2.75) is 25.9 Å². The highest BCUT2D eigenvalue weighted by molar-refractivity contribution is 8.13. The summed E-state index contributed by atoms with van der Waals surface area (Å²) in [5, 5.41) is 0. The summed E-state index contributed by atoms with van der Waals surface area (Å²) in [4.78, 5) is 0. The molecule has 0 radical (unpaired) electrons. The van der Waals surface area contributed by atoms with E-state index in [1.54, 1.807) is 0 Å². The molecule has 2 spiro atoms. The predicted octanol–water partition coefficient (Wildman–Crippen LogP) is 7.90. The van der Waals surface area contributed by atoms with Gasteiger partial charge in [0.2, 0.25) is 0 Å².